The van der Waals surface area contributed by atoms with Crippen molar-refractivity contribution in [3.63, 3.8) is 0 Å². The van der Waals surface area contributed by atoms with Crippen LogP contribution in [0.1, 0.15) is 23.6 Å². The number of fused-ring (bicyclic) bond motifs is 2. The number of carbonyl (C=O) groups is 2. The van der Waals surface area contributed by atoms with Gasteiger partial charge in [-0.1, -0.05) is 41.4 Å². The van der Waals surface area contributed by atoms with Gasteiger partial charge in [-0.25, -0.2) is 0 Å². The fourth-order valence-corrected chi connectivity index (χ4v) is 5.42. The van der Waals surface area contributed by atoms with Gasteiger partial charge in [-0.15, -0.1) is 11.8 Å². The Kier molecular flexibility index (Phi) is 4.24. The van der Waals surface area contributed by atoms with Crippen LogP contribution in [-0.2, 0) is 21.0 Å². The highest BCUT2D eigenvalue weighted by Crippen LogP contribution is 2.54. The molecule has 0 radical (unpaired) electrons. The van der Waals surface area contributed by atoms with Crippen molar-refractivity contribution in [3.05, 3.63) is 64.2 Å². The van der Waals surface area contributed by atoms with Crippen LogP contribution < -0.4 is 4.90 Å². The van der Waals surface area contributed by atoms with Crippen molar-refractivity contribution in [2.45, 2.75) is 25.3 Å². The molecule has 1 fully saturated rings. The first-order chi connectivity index (χ1) is 12.4. The minimum absolute atomic E-state index is 0.0620. The molecule has 134 valence electrons. The molecule has 4 rings (SSSR count). The number of hydrogen-bond donors (Lipinski definition) is 0. The Morgan fingerprint density at radius 2 is 1.96 bits per heavy atom. The molecule has 2 aliphatic rings. The summed E-state index contributed by atoms with van der Waals surface area (Å²) in [6.07, 6.45) is 0. The first kappa shape index (κ1) is 17.4. The predicted molar refractivity (Wildman–Crippen MR) is 105 cm³/mol. The largest absolute Gasteiger partial charge is 0.315 e. The second-order valence-electron chi connectivity index (χ2n) is 6.70. The Balaban J connectivity index is 1.82. The summed E-state index contributed by atoms with van der Waals surface area (Å²) < 4.78 is 0. The predicted octanol–water partition coefficient (Wildman–Crippen LogP) is 3.94. The summed E-state index contributed by atoms with van der Waals surface area (Å²) in [5.74, 6) is 0.579. The Labute approximate surface area is 162 Å². The lowest BCUT2D eigenvalue weighted by atomic mass is 10.1. The molecule has 1 saturated heterocycles. The molecule has 0 N–H and O–H groups in total. The number of halogens is 1. The number of carbonyl (C=O) groups excluding carboxylic acids is 2. The van der Waals surface area contributed by atoms with E-state index in [0.29, 0.717) is 18.1 Å². The Morgan fingerprint density at radius 1 is 1.23 bits per heavy atom. The highest BCUT2D eigenvalue weighted by atomic mass is 35.5. The van der Waals surface area contributed by atoms with E-state index in [4.69, 9.17) is 11.6 Å². The molecule has 26 heavy (non-hydrogen) atoms. The normalized spacial score (nSPS) is 21.6. The van der Waals surface area contributed by atoms with Crippen LogP contribution in [0.5, 0.6) is 0 Å². The van der Waals surface area contributed by atoms with E-state index in [2.05, 4.69) is 0 Å². The molecule has 2 amide bonds. The summed E-state index contributed by atoms with van der Waals surface area (Å²) in [6, 6.07) is 13.7. The summed E-state index contributed by atoms with van der Waals surface area (Å²) >= 11 is 7.76. The molecule has 6 heteroatoms. The van der Waals surface area contributed by atoms with Crippen molar-refractivity contribution in [1.82, 2.24) is 4.90 Å². The maximum Gasteiger partial charge on any atom is 0.268 e. The van der Waals surface area contributed by atoms with Gasteiger partial charge in [0.1, 0.15) is 0 Å². The van der Waals surface area contributed by atoms with Crippen LogP contribution in [-0.4, -0.2) is 29.0 Å². The number of rotatable bonds is 2. The highest BCUT2D eigenvalue weighted by Gasteiger charge is 2.58. The smallest absolute Gasteiger partial charge is 0.268 e. The fraction of sp³-hybridized carbons (Fsp3) is 0.300. The second kappa shape index (κ2) is 6.32. The van der Waals surface area contributed by atoms with Gasteiger partial charge in [0, 0.05) is 29.8 Å². The van der Waals surface area contributed by atoms with Gasteiger partial charge in [-0.2, -0.15) is 0 Å². The first-order valence-electron chi connectivity index (χ1n) is 8.53. The number of thioether (sulfide) groups is 1. The Morgan fingerprint density at radius 3 is 2.65 bits per heavy atom. The summed E-state index contributed by atoms with van der Waals surface area (Å²) in [7, 11) is 0. The summed E-state index contributed by atoms with van der Waals surface area (Å²) in [6.45, 7) is 4.60. The average Bonchev–Trinajstić information content (AvgIpc) is 3.15. The van der Waals surface area contributed by atoms with Gasteiger partial charge in [0.15, 0.2) is 4.87 Å². The van der Waals surface area contributed by atoms with Crippen LogP contribution in [0.4, 0.5) is 5.69 Å². The lowest BCUT2D eigenvalue weighted by molar-refractivity contribution is -0.138. The van der Waals surface area contributed by atoms with Gasteiger partial charge in [0.25, 0.3) is 5.91 Å². The number of nitrogens with zero attached hydrogens (tertiary/aromatic N) is 2. The monoisotopic (exact) mass is 386 g/mol. The Bertz CT molecular complexity index is 899. The maximum atomic E-state index is 13.6. The molecule has 2 aromatic rings. The minimum Gasteiger partial charge on any atom is -0.315 e. The summed E-state index contributed by atoms with van der Waals surface area (Å²) in [5.41, 5.74) is 3.89. The molecule has 2 aliphatic heterocycles. The van der Waals surface area contributed by atoms with E-state index >= 15 is 0 Å². The van der Waals surface area contributed by atoms with Gasteiger partial charge >= 0.3 is 0 Å². The maximum absolute atomic E-state index is 13.6. The second-order valence-corrected chi connectivity index (χ2v) is 8.43. The molecule has 4 nitrogen and oxygen atoms in total. The van der Waals surface area contributed by atoms with Crippen molar-refractivity contribution in [2.75, 3.05) is 17.2 Å². The van der Waals surface area contributed by atoms with Crippen LogP contribution >= 0.6 is 23.4 Å². The number of anilines is 1. The van der Waals surface area contributed by atoms with Crippen molar-refractivity contribution >= 4 is 40.9 Å². The van der Waals surface area contributed by atoms with Gasteiger partial charge in [-0.05, 0) is 30.7 Å². The van der Waals surface area contributed by atoms with E-state index in [1.807, 2.05) is 43.3 Å². The zero-order chi connectivity index (χ0) is 18.5. The van der Waals surface area contributed by atoms with Crippen molar-refractivity contribution < 1.29 is 9.59 Å². The summed E-state index contributed by atoms with van der Waals surface area (Å²) in [4.78, 5) is 28.3. The van der Waals surface area contributed by atoms with Gasteiger partial charge in [0.05, 0.1) is 12.2 Å². The lowest BCUT2D eigenvalue weighted by Gasteiger charge is -2.32. The first-order valence-corrected chi connectivity index (χ1v) is 9.89. The van der Waals surface area contributed by atoms with Gasteiger partial charge < -0.3 is 9.80 Å². The van der Waals surface area contributed by atoms with Crippen LogP contribution in [0.2, 0.25) is 5.02 Å². The van der Waals surface area contributed by atoms with E-state index < -0.39 is 4.87 Å². The third kappa shape index (κ3) is 2.53. The molecule has 0 aromatic heterocycles. The van der Waals surface area contributed by atoms with E-state index in [1.54, 1.807) is 15.9 Å². The molecule has 1 atom stereocenters. The molecule has 0 saturated carbocycles. The third-order valence-corrected chi connectivity index (χ3v) is 6.65. The Hall–Kier alpha value is -1.98. The highest BCUT2D eigenvalue weighted by molar-refractivity contribution is 8.01. The van der Waals surface area contributed by atoms with Crippen LogP contribution in [0, 0.1) is 6.92 Å². The standard InChI is InChI=1S/C20H19ClN2O2S/c1-13-3-5-15(6-4-13)12-22-18-8-7-16(21)11-17(18)20(19(22)25)23(14(2)24)9-10-26-20/h3-8,11H,9-10,12H2,1-2H3/t20-/m0/s1. The fourth-order valence-electron chi connectivity index (χ4n) is 3.76. The van der Waals surface area contributed by atoms with E-state index in [0.717, 1.165) is 22.6 Å². The number of hydrogen-bond acceptors (Lipinski definition) is 3. The molecule has 2 aromatic carbocycles. The van der Waals surface area contributed by atoms with Crippen molar-refractivity contribution in [2.24, 2.45) is 0 Å². The number of benzene rings is 2. The molecule has 0 aliphatic carbocycles. The third-order valence-electron chi connectivity index (χ3n) is 5.00. The molecule has 0 bridgehead atoms. The zero-order valence-electron chi connectivity index (χ0n) is 14.7. The van der Waals surface area contributed by atoms with Crippen molar-refractivity contribution in [1.29, 1.82) is 0 Å². The van der Waals surface area contributed by atoms with Crippen LogP contribution in [0.15, 0.2) is 42.5 Å². The molecule has 2 heterocycles. The van der Waals surface area contributed by atoms with Gasteiger partial charge in [-0.3, -0.25) is 9.59 Å². The molecule has 1 spiro atoms. The zero-order valence-corrected chi connectivity index (χ0v) is 16.2. The van der Waals surface area contributed by atoms with Crippen molar-refractivity contribution in [3.8, 4) is 0 Å². The minimum atomic E-state index is -0.989. The number of aryl methyl sites for hydroxylation is 1. The lowest BCUT2D eigenvalue weighted by Crippen LogP contribution is -2.49. The molecule has 0 unspecified atom stereocenters. The topological polar surface area (TPSA) is 40.6 Å². The van der Waals surface area contributed by atoms with E-state index in [1.165, 1.54) is 24.2 Å². The molecular weight excluding hydrogens is 368 g/mol. The van der Waals surface area contributed by atoms with E-state index in [-0.39, 0.29) is 11.8 Å². The van der Waals surface area contributed by atoms with Gasteiger partial charge in [0.2, 0.25) is 5.91 Å². The van der Waals surface area contributed by atoms with Crippen LogP contribution in [0.3, 0.4) is 0 Å². The quantitative estimate of drug-likeness (QED) is 0.784. The molecular formula is C20H19ClN2O2S. The number of amides is 2. The summed E-state index contributed by atoms with van der Waals surface area (Å²) in [5, 5.41) is 0.573. The SMILES string of the molecule is CC(=O)N1CCS[C@@]12C(=O)N(Cc1ccc(C)cc1)c1ccc(Cl)cc12. The average molecular weight is 387 g/mol. The van der Waals surface area contributed by atoms with Crippen LogP contribution in [0.25, 0.3) is 0 Å². The van der Waals surface area contributed by atoms with E-state index in [9.17, 15) is 9.59 Å².